The lowest BCUT2D eigenvalue weighted by Gasteiger charge is -2.36. The van der Waals surface area contributed by atoms with Gasteiger partial charge < -0.3 is 15.1 Å². The third-order valence-electron chi connectivity index (χ3n) is 3.85. The van der Waals surface area contributed by atoms with Crippen molar-refractivity contribution in [2.75, 3.05) is 6.54 Å². The maximum Gasteiger partial charge on any atom is 0.335 e. The summed E-state index contributed by atoms with van der Waals surface area (Å²) in [5, 5.41) is 18.1. The standard InChI is InChI=1S/C15H17NO5/c1-9-5-6-12(15(20)21)8-16(9)13(17)10-3-2-4-11(7-10)14(18)19/h2-4,7,9,12H,5-6,8H2,1H3,(H,18,19)(H,20,21). The Morgan fingerprint density at radius 1 is 1.14 bits per heavy atom. The van der Waals surface area contributed by atoms with Crippen LogP contribution in [0.5, 0.6) is 0 Å². The van der Waals surface area contributed by atoms with Gasteiger partial charge in [-0.3, -0.25) is 9.59 Å². The zero-order valence-corrected chi connectivity index (χ0v) is 11.7. The van der Waals surface area contributed by atoms with Gasteiger partial charge in [-0.15, -0.1) is 0 Å². The lowest BCUT2D eigenvalue weighted by molar-refractivity contribution is -0.143. The topological polar surface area (TPSA) is 94.9 Å². The fourth-order valence-electron chi connectivity index (χ4n) is 2.54. The van der Waals surface area contributed by atoms with Crippen molar-refractivity contribution < 1.29 is 24.6 Å². The van der Waals surface area contributed by atoms with Crippen molar-refractivity contribution in [2.45, 2.75) is 25.8 Å². The summed E-state index contributed by atoms with van der Waals surface area (Å²) in [6.45, 7) is 2.03. The van der Waals surface area contributed by atoms with Crippen molar-refractivity contribution in [3.8, 4) is 0 Å². The van der Waals surface area contributed by atoms with Crippen molar-refractivity contribution >= 4 is 17.8 Å². The number of nitrogens with zero attached hydrogens (tertiary/aromatic N) is 1. The summed E-state index contributed by atoms with van der Waals surface area (Å²) in [4.78, 5) is 36.1. The van der Waals surface area contributed by atoms with Crippen molar-refractivity contribution in [3.63, 3.8) is 0 Å². The maximum atomic E-state index is 12.5. The highest BCUT2D eigenvalue weighted by Gasteiger charge is 2.33. The van der Waals surface area contributed by atoms with Gasteiger partial charge in [0.25, 0.3) is 5.91 Å². The highest BCUT2D eigenvalue weighted by molar-refractivity contribution is 5.97. The number of carboxylic acid groups (broad SMARTS) is 2. The van der Waals surface area contributed by atoms with Gasteiger partial charge in [-0.25, -0.2) is 4.79 Å². The number of hydrogen-bond acceptors (Lipinski definition) is 3. The molecule has 6 nitrogen and oxygen atoms in total. The summed E-state index contributed by atoms with van der Waals surface area (Å²) in [6, 6.07) is 5.74. The van der Waals surface area contributed by atoms with Crippen molar-refractivity contribution in [3.05, 3.63) is 35.4 Å². The van der Waals surface area contributed by atoms with Crippen molar-refractivity contribution in [2.24, 2.45) is 5.92 Å². The van der Waals surface area contributed by atoms with Crippen molar-refractivity contribution in [1.29, 1.82) is 0 Å². The molecule has 1 saturated heterocycles. The van der Waals surface area contributed by atoms with Crippen molar-refractivity contribution in [1.82, 2.24) is 4.90 Å². The second-order valence-corrected chi connectivity index (χ2v) is 5.31. The first-order valence-corrected chi connectivity index (χ1v) is 6.77. The van der Waals surface area contributed by atoms with Crippen LogP contribution < -0.4 is 0 Å². The number of aliphatic carboxylic acids is 1. The second-order valence-electron chi connectivity index (χ2n) is 5.31. The summed E-state index contributed by atoms with van der Waals surface area (Å²) in [5.41, 5.74) is 0.313. The van der Waals surface area contributed by atoms with E-state index in [1.54, 1.807) is 6.07 Å². The quantitative estimate of drug-likeness (QED) is 0.884. The van der Waals surface area contributed by atoms with Gasteiger partial charge in [0.15, 0.2) is 0 Å². The Morgan fingerprint density at radius 3 is 2.43 bits per heavy atom. The van der Waals surface area contributed by atoms with E-state index in [1.165, 1.54) is 23.1 Å². The van der Waals surface area contributed by atoms with E-state index < -0.39 is 17.9 Å². The second kappa shape index (κ2) is 5.95. The molecule has 2 N–H and O–H groups in total. The lowest BCUT2D eigenvalue weighted by atomic mass is 9.93. The number of benzene rings is 1. The molecule has 1 fully saturated rings. The molecule has 1 amide bonds. The molecule has 0 bridgehead atoms. The molecule has 1 heterocycles. The molecule has 6 heteroatoms. The third-order valence-corrected chi connectivity index (χ3v) is 3.85. The van der Waals surface area contributed by atoms with Gasteiger partial charge in [0.2, 0.25) is 0 Å². The molecule has 1 aliphatic heterocycles. The molecule has 0 spiro atoms. The minimum atomic E-state index is -1.10. The number of aromatic carboxylic acids is 1. The smallest absolute Gasteiger partial charge is 0.335 e. The predicted octanol–water partition coefficient (Wildman–Crippen LogP) is 1.71. The first-order valence-electron chi connectivity index (χ1n) is 6.77. The number of amides is 1. The zero-order valence-electron chi connectivity index (χ0n) is 11.7. The molecule has 1 aliphatic rings. The summed E-state index contributed by atoms with van der Waals surface area (Å²) < 4.78 is 0. The molecule has 2 unspecified atom stereocenters. The fourth-order valence-corrected chi connectivity index (χ4v) is 2.54. The Balaban J connectivity index is 2.23. The molecular weight excluding hydrogens is 274 g/mol. The van der Waals surface area contributed by atoms with E-state index in [9.17, 15) is 14.4 Å². The largest absolute Gasteiger partial charge is 0.481 e. The monoisotopic (exact) mass is 291 g/mol. The number of carbonyl (C=O) groups is 3. The first kappa shape index (κ1) is 15.0. The van der Waals surface area contributed by atoms with Gasteiger partial charge in [0.05, 0.1) is 11.5 Å². The van der Waals surface area contributed by atoms with Crippen LogP contribution in [0, 0.1) is 5.92 Å². The fraction of sp³-hybridized carbons (Fsp3) is 0.400. The van der Waals surface area contributed by atoms with E-state index in [0.717, 1.165) is 0 Å². The minimum absolute atomic E-state index is 0.0419. The van der Waals surface area contributed by atoms with Crippen LogP contribution in [0.2, 0.25) is 0 Å². The number of likely N-dealkylation sites (tertiary alicyclic amines) is 1. The lowest BCUT2D eigenvalue weighted by Crippen LogP contribution is -2.47. The van der Waals surface area contributed by atoms with E-state index in [4.69, 9.17) is 10.2 Å². The molecule has 0 saturated carbocycles. The van der Waals surface area contributed by atoms with Crippen LogP contribution in [-0.4, -0.2) is 45.5 Å². The van der Waals surface area contributed by atoms with Crippen LogP contribution >= 0.6 is 0 Å². The van der Waals surface area contributed by atoms with Gasteiger partial charge in [0.1, 0.15) is 0 Å². The van der Waals surface area contributed by atoms with Crippen LogP contribution in [0.4, 0.5) is 0 Å². The first-order chi connectivity index (χ1) is 9.90. The Kier molecular flexibility index (Phi) is 4.26. The van der Waals surface area contributed by atoms with E-state index in [2.05, 4.69) is 0 Å². The average molecular weight is 291 g/mol. The molecule has 0 radical (unpaired) electrons. The SMILES string of the molecule is CC1CCC(C(=O)O)CN1C(=O)c1cccc(C(=O)O)c1. The number of rotatable bonds is 3. The Morgan fingerprint density at radius 2 is 1.81 bits per heavy atom. The highest BCUT2D eigenvalue weighted by atomic mass is 16.4. The Bertz CT molecular complexity index is 583. The van der Waals surface area contributed by atoms with Gasteiger partial charge in [-0.2, -0.15) is 0 Å². The van der Waals surface area contributed by atoms with Gasteiger partial charge in [-0.05, 0) is 38.0 Å². The molecule has 2 atom stereocenters. The number of carbonyl (C=O) groups excluding carboxylic acids is 1. The van der Waals surface area contributed by atoms with Crippen LogP contribution in [0.25, 0.3) is 0 Å². The molecule has 112 valence electrons. The normalized spacial score (nSPS) is 21.9. The van der Waals surface area contributed by atoms with E-state index in [1.807, 2.05) is 6.92 Å². The van der Waals surface area contributed by atoms with Crippen LogP contribution in [0.3, 0.4) is 0 Å². The number of carboxylic acids is 2. The van der Waals surface area contributed by atoms with Crippen LogP contribution in [0.15, 0.2) is 24.3 Å². The molecule has 1 aromatic carbocycles. The van der Waals surface area contributed by atoms with Gasteiger partial charge in [0, 0.05) is 18.2 Å². The predicted molar refractivity (Wildman–Crippen MR) is 74.3 cm³/mol. The molecule has 0 aromatic heterocycles. The summed E-state index contributed by atoms with van der Waals surface area (Å²) in [5.74, 6) is -2.89. The third kappa shape index (κ3) is 3.21. The summed E-state index contributed by atoms with van der Waals surface area (Å²) in [6.07, 6.45) is 1.18. The van der Waals surface area contributed by atoms with Gasteiger partial charge in [-0.1, -0.05) is 6.07 Å². The Hall–Kier alpha value is -2.37. The molecule has 21 heavy (non-hydrogen) atoms. The Labute approximate surface area is 122 Å². The maximum absolute atomic E-state index is 12.5. The van der Waals surface area contributed by atoms with E-state index in [0.29, 0.717) is 12.8 Å². The number of hydrogen-bond donors (Lipinski definition) is 2. The van der Waals surface area contributed by atoms with E-state index in [-0.39, 0.29) is 29.6 Å². The molecule has 1 aromatic rings. The molecule has 0 aliphatic carbocycles. The zero-order chi connectivity index (χ0) is 15.6. The minimum Gasteiger partial charge on any atom is -0.481 e. The molecular formula is C15H17NO5. The van der Waals surface area contributed by atoms with Crippen LogP contribution in [-0.2, 0) is 4.79 Å². The van der Waals surface area contributed by atoms with Crippen LogP contribution in [0.1, 0.15) is 40.5 Å². The summed E-state index contributed by atoms with van der Waals surface area (Å²) in [7, 11) is 0. The number of piperidine rings is 1. The summed E-state index contributed by atoms with van der Waals surface area (Å²) >= 11 is 0. The van der Waals surface area contributed by atoms with Gasteiger partial charge >= 0.3 is 11.9 Å². The highest BCUT2D eigenvalue weighted by Crippen LogP contribution is 2.24. The average Bonchev–Trinajstić information content (AvgIpc) is 2.47. The van der Waals surface area contributed by atoms with E-state index >= 15 is 0 Å². The molecule has 2 rings (SSSR count).